The van der Waals surface area contributed by atoms with Crippen LogP contribution in [0.15, 0.2) is 156 Å². The SMILES string of the molecule is CCC1CC2CCCC(C2)C12c1ccccc1-c1cccc(N(c3ccc(-c4cccc5c4oc4ccccc45)cc3)c3ccc4c(c3)-c3ccccc3C43CCCC3)c12. The first-order valence-electron chi connectivity index (χ1n) is 23.0. The van der Waals surface area contributed by atoms with E-state index < -0.39 is 0 Å². The fourth-order valence-electron chi connectivity index (χ4n) is 14.1. The van der Waals surface area contributed by atoms with Crippen molar-refractivity contribution in [3.63, 3.8) is 0 Å². The largest absolute Gasteiger partial charge is 0.455 e. The van der Waals surface area contributed by atoms with Crippen molar-refractivity contribution in [2.24, 2.45) is 17.8 Å². The van der Waals surface area contributed by atoms with Crippen molar-refractivity contribution in [3.8, 4) is 33.4 Å². The number of hydrogen-bond donors (Lipinski definition) is 0. The average Bonchev–Trinajstić information content (AvgIpc) is 4.08. The highest BCUT2D eigenvalue weighted by atomic mass is 16.3. The van der Waals surface area contributed by atoms with Gasteiger partial charge in [0.25, 0.3) is 0 Å². The smallest absolute Gasteiger partial charge is 0.143 e. The molecule has 3 saturated carbocycles. The van der Waals surface area contributed by atoms with E-state index in [4.69, 9.17) is 4.42 Å². The summed E-state index contributed by atoms with van der Waals surface area (Å²) in [5, 5.41) is 2.33. The summed E-state index contributed by atoms with van der Waals surface area (Å²) in [5.41, 5.74) is 20.1. The zero-order chi connectivity index (χ0) is 39.6. The Kier molecular flexibility index (Phi) is 7.61. The molecule has 0 N–H and O–H groups in total. The summed E-state index contributed by atoms with van der Waals surface area (Å²) in [5.74, 6) is 2.09. The minimum Gasteiger partial charge on any atom is -0.455 e. The highest BCUT2D eigenvalue weighted by Crippen LogP contribution is 2.67. The lowest BCUT2D eigenvalue weighted by Gasteiger charge is -2.54. The molecule has 2 nitrogen and oxygen atoms in total. The average molecular weight is 778 g/mol. The van der Waals surface area contributed by atoms with Crippen LogP contribution >= 0.6 is 0 Å². The van der Waals surface area contributed by atoms with Gasteiger partial charge in [0.05, 0.1) is 5.69 Å². The maximum Gasteiger partial charge on any atom is 0.143 e. The first kappa shape index (κ1) is 34.9. The molecule has 0 amide bonds. The van der Waals surface area contributed by atoms with Crippen molar-refractivity contribution in [3.05, 3.63) is 174 Å². The molecule has 1 heterocycles. The summed E-state index contributed by atoms with van der Waals surface area (Å²) in [6, 6.07) is 58.1. The van der Waals surface area contributed by atoms with Gasteiger partial charge in [0, 0.05) is 38.5 Å². The normalized spacial score (nSPS) is 22.9. The maximum absolute atomic E-state index is 6.55. The Labute approximate surface area is 353 Å². The molecule has 60 heavy (non-hydrogen) atoms. The Bertz CT molecular complexity index is 2990. The molecule has 5 aliphatic rings. The summed E-state index contributed by atoms with van der Waals surface area (Å²) in [7, 11) is 0. The number of para-hydroxylation sites is 2. The third kappa shape index (κ3) is 4.66. The van der Waals surface area contributed by atoms with Crippen molar-refractivity contribution in [1.29, 1.82) is 0 Å². The summed E-state index contributed by atoms with van der Waals surface area (Å²) in [4.78, 5) is 2.65. The minimum atomic E-state index is -0.0133. The van der Waals surface area contributed by atoms with Gasteiger partial charge < -0.3 is 9.32 Å². The van der Waals surface area contributed by atoms with Crippen LogP contribution in [-0.2, 0) is 10.8 Å². The molecule has 0 radical (unpaired) electrons. The van der Waals surface area contributed by atoms with Crippen LogP contribution in [0.1, 0.15) is 93.4 Å². The van der Waals surface area contributed by atoms with Gasteiger partial charge in [-0.15, -0.1) is 0 Å². The summed E-state index contributed by atoms with van der Waals surface area (Å²) >= 11 is 0. The van der Waals surface area contributed by atoms with Gasteiger partial charge in [-0.3, -0.25) is 0 Å². The van der Waals surface area contributed by atoms with E-state index in [0.29, 0.717) is 11.8 Å². The number of rotatable bonds is 5. The number of benzene rings is 7. The van der Waals surface area contributed by atoms with Crippen molar-refractivity contribution in [2.75, 3.05) is 4.90 Å². The number of hydrogen-bond acceptors (Lipinski definition) is 2. The van der Waals surface area contributed by atoms with Gasteiger partial charge in [-0.1, -0.05) is 154 Å². The lowest BCUT2D eigenvalue weighted by molar-refractivity contribution is 0.0560. The van der Waals surface area contributed by atoms with Crippen LogP contribution in [0.25, 0.3) is 55.3 Å². The standard InChI is InChI=1S/C58H51NO/c1-2-39-34-37-14-11-15-40(35-37)58(39)52-23-7-4-16-44(52)47-20-13-24-53(55(47)58)59(42-30-31-51-49(36-42)45-17-3-6-22-50(45)57(51)32-9-10-33-57)41-28-26-38(27-29-41)43-19-12-21-48-46-18-5-8-25-54(46)60-56(43)48/h3-8,12-13,16-31,36-37,39-40H,2,9-11,14-15,32-35H2,1H3. The Morgan fingerprint density at radius 3 is 2.10 bits per heavy atom. The van der Waals surface area contributed by atoms with Gasteiger partial charge in [-0.2, -0.15) is 0 Å². The molecule has 0 aliphatic heterocycles. The van der Waals surface area contributed by atoms with Gasteiger partial charge in [0.2, 0.25) is 0 Å². The van der Waals surface area contributed by atoms with Crippen LogP contribution < -0.4 is 4.90 Å². The van der Waals surface area contributed by atoms with E-state index in [1.165, 1.54) is 125 Å². The van der Waals surface area contributed by atoms with E-state index in [0.717, 1.165) is 22.6 Å². The van der Waals surface area contributed by atoms with E-state index in [9.17, 15) is 0 Å². The van der Waals surface area contributed by atoms with Crippen LogP contribution in [-0.4, -0.2) is 0 Å². The summed E-state index contributed by atoms with van der Waals surface area (Å²) in [6.07, 6.45) is 13.0. The fourth-order valence-corrected chi connectivity index (χ4v) is 14.1. The Hall–Kier alpha value is -5.86. The van der Waals surface area contributed by atoms with E-state index >= 15 is 0 Å². The topological polar surface area (TPSA) is 16.4 Å². The molecule has 1 aromatic heterocycles. The van der Waals surface area contributed by atoms with E-state index in [1.54, 1.807) is 16.7 Å². The quantitative estimate of drug-likeness (QED) is 0.173. The highest BCUT2D eigenvalue weighted by Gasteiger charge is 2.58. The van der Waals surface area contributed by atoms with Gasteiger partial charge in [0.15, 0.2) is 0 Å². The van der Waals surface area contributed by atoms with Crippen LogP contribution in [0.5, 0.6) is 0 Å². The third-order valence-corrected chi connectivity index (χ3v) is 16.3. The number of anilines is 3. The molecular weight excluding hydrogens is 727 g/mol. The first-order chi connectivity index (χ1) is 29.7. The molecule has 2 bridgehead atoms. The van der Waals surface area contributed by atoms with Crippen molar-refractivity contribution in [2.45, 2.75) is 82.0 Å². The molecule has 5 aliphatic carbocycles. The summed E-state index contributed by atoms with van der Waals surface area (Å²) in [6.45, 7) is 2.48. The number of nitrogens with zero attached hydrogens (tertiary/aromatic N) is 1. The minimum absolute atomic E-state index is 0.0133. The molecule has 3 fully saturated rings. The monoisotopic (exact) mass is 777 g/mol. The molecule has 2 spiro atoms. The van der Waals surface area contributed by atoms with E-state index in [2.05, 4.69) is 163 Å². The second kappa shape index (κ2) is 13.1. The van der Waals surface area contributed by atoms with Gasteiger partial charge >= 0.3 is 0 Å². The van der Waals surface area contributed by atoms with E-state index in [1.807, 2.05) is 0 Å². The zero-order valence-corrected chi connectivity index (χ0v) is 34.6. The molecular formula is C58H51NO. The van der Waals surface area contributed by atoms with Crippen LogP contribution in [0, 0.1) is 17.8 Å². The first-order valence-corrected chi connectivity index (χ1v) is 23.0. The van der Waals surface area contributed by atoms with Crippen LogP contribution in [0.2, 0.25) is 0 Å². The zero-order valence-electron chi connectivity index (χ0n) is 34.6. The molecule has 8 aromatic rings. The second-order valence-electron chi connectivity index (χ2n) is 18.9. The lowest BCUT2D eigenvalue weighted by Crippen LogP contribution is -2.49. The van der Waals surface area contributed by atoms with Crippen LogP contribution in [0.3, 0.4) is 0 Å². The maximum atomic E-state index is 6.55. The third-order valence-electron chi connectivity index (χ3n) is 16.3. The van der Waals surface area contributed by atoms with E-state index in [-0.39, 0.29) is 10.8 Å². The van der Waals surface area contributed by atoms with Crippen LogP contribution in [0.4, 0.5) is 17.1 Å². The molecule has 13 rings (SSSR count). The predicted molar refractivity (Wildman–Crippen MR) is 249 cm³/mol. The van der Waals surface area contributed by atoms with Crippen molar-refractivity contribution < 1.29 is 4.42 Å². The van der Waals surface area contributed by atoms with Gasteiger partial charge in [-0.25, -0.2) is 0 Å². The predicted octanol–water partition coefficient (Wildman–Crippen LogP) is 16.1. The van der Waals surface area contributed by atoms with Crippen molar-refractivity contribution in [1.82, 2.24) is 0 Å². The fraction of sp³-hybridized carbons (Fsp3) is 0.276. The molecule has 7 aromatic carbocycles. The second-order valence-corrected chi connectivity index (χ2v) is 18.9. The molecule has 4 atom stereocenters. The number of fused-ring (bicyclic) bond motifs is 16. The van der Waals surface area contributed by atoms with Crippen molar-refractivity contribution >= 4 is 39.0 Å². The lowest BCUT2D eigenvalue weighted by atomic mass is 9.49. The number of furan rings is 1. The Balaban J connectivity index is 1.04. The van der Waals surface area contributed by atoms with Gasteiger partial charge in [0.1, 0.15) is 11.2 Å². The molecule has 4 unspecified atom stereocenters. The van der Waals surface area contributed by atoms with Gasteiger partial charge in [-0.05, 0) is 136 Å². The molecule has 0 saturated heterocycles. The Morgan fingerprint density at radius 1 is 0.567 bits per heavy atom. The Morgan fingerprint density at radius 2 is 1.25 bits per heavy atom. The molecule has 294 valence electrons. The molecule has 2 heteroatoms. The summed E-state index contributed by atoms with van der Waals surface area (Å²) < 4.78 is 6.55. The highest BCUT2D eigenvalue weighted by molar-refractivity contribution is 6.09.